The summed E-state index contributed by atoms with van der Waals surface area (Å²) in [5, 5.41) is 5.21. The summed E-state index contributed by atoms with van der Waals surface area (Å²) in [6, 6.07) is 48.9. The standard InChI is InChI=1S/C66H54N4OSi/c1-44-30-33-60-54(38-44)55-39-45(2)31-34-61(55)72(60)62-29-15-14-28-58(62)70(64-40-48(36-37-67-64)66(3,4)5)59-42-51(32-35-63(59)72)71-50-23-16-22-49(41-50)68-43-69(57-27-13-12-26-56(57)68)65-52(46-18-8-6-9-19-46)24-17-25-53(65)47-20-10-7-11-21-47/h6-42H,43H2,1-5H3/i6D,7D,8D,9D,10D,11D,18D,19D,20D,21D. The molecule has 0 aliphatic carbocycles. The van der Waals surface area contributed by atoms with E-state index in [0.717, 1.165) is 34.1 Å². The summed E-state index contributed by atoms with van der Waals surface area (Å²) in [4.78, 5) is 11.4. The smallest absolute Gasteiger partial charge is 0.185 e. The van der Waals surface area contributed by atoms with Gasteiger partial charge in [0.1, 0.15) is 24.0 Å². The van der Waals surface area contributed by atoms with Crippen molar-refractivity contribution in [1.29, 1.82) is 0 Å². The first-order valence-electron chi connectivity index (χ1n) is 29.2. The molecule has 13 rings (SSSR count). The Morgan fingerprint density at radius 1 is 0.500 bits per heavy atom. The van der Waals surface area contributed by atoms with Gasteiger partial charge in [0.2, 0.25) is 0 Å². The number of para-hydroxylation sites is 4. The lowest BCUT2D eigenvalue weighted by Gasteiger charge is -2.43. The number of aryl methyl sites for hydroxylation is 2. The topological polar surface area (TPSA) is 31.8 Å². The lowest BCUT2D eigenvalue weighted by Crippen LogP contribution is -2.75. The SMILES string of the molecule is [2H]c1c([2H])c([2H])c(-c2cccc(-c3c([2H])c([2H])c([2H])c([2H])c3[2H])c2N2CN(c3cccc(Oc4ccc5c(c4)N(c4cc(C(C)(C)C)ccn4)c4ccccc4[Si]54c5ccc(C)cc5-c5cc(C)ccc54)c3)c3ccccc32)c([2H])c1[2H]. The zero-order valence-corrected chi connectivity index (χ0v) is 41.5. The van der Waals surface area contributed by atoms with Gasteiger partial charge in [-0.1, -0.05) is 189 Å². The first-order chi connectivity index (χ1) is 39.3. The number of nitrogens with zero attached hydrogens (tertiary/aromatic N) is 4. The van der Waals surface area contributed by atoms with Crippen LogP contribution in [0.4, 0.5) is 39.9 Å². The molecule has 5 nitrogen and oxygen atoms in total. The first-order valence-corrected chi connectivity index (χ1v) is 26.2. The van der Waals surface area contributed by atoms with E-state index in [1.165, 1.54) is 43.0 Å². The van der Waals surface area contributed by atoms with Gasteiger partial charge in [-0.05, 0) is 116 Å². The molecule has 3 aliphatic rings. The summed E-state index contributed by atoms with van der Waals surface area (Å²) in [5.74, 6) is 1.97. The minimum absolute atomic E-state index is 0.0912. The molecule has 0 saturated carbocycles. The second-order valence-corrected chi connectivity index (χ2v) is 23.5. The Labute approximate surface area is 438 Å². The Morgan fingerprint density at radius 2 is 1.07 bits per heavy atom. The van der Waals surface area contributed by atoms with Crippen LogP contribution in [0, 0.1) is 13.8 Å². The third-order valence-electron chi connectivity index (χ3n) is 14.4. The molecule has 0 saturated heterocycles. The number of aromatic nitrogens is 1. The summed E-state index contributed by atoms with van der Waals surface area (Å²) in [6.07, 6.45) is 1.90. The van der Waals surface area contributed by atoms with Gasteiger partial charge in [0.25, 0.3) is 0 Å². The molecular formula is C66H54N4OSi. The average Bonchev–Trinajstić information content (AvgIpc) is 1.49. The van der Waals surface area contributed by atoms with Crippen LogP contribution in [0.5, 0.6) is 11.5 Å². The van der Waals surface area contributed by atoms with Crippen molar-refractivity contribution >= 4 is 68.8 Å². The van der Waals surface area contributed by atoms with Crippen LogP contribution in [0.15, 0.2) is 224 Å². The number of hydrogen-bond donors (Lipinski definition) is 0. The maximum Gasteiger partial charge on any atom is 0.185 e. The molecule has 0 bridgehead atoms. The van der Waals surface area contributed by atoms with Gasteiger partial charge in [-0.25, -0.2) is 4.98 Å². The molecule has 10 aromatic rings. The van der Waals surface area contributed by atoms with Gasteiger partial charge < -0.3 is 14.5 Å². The van der Waals surface area contributed by atoms with E-state index in [9.17, 15) is 0 Å². The summed E-state index contributed by atoms with van der Waals surface area (Å²) in [5.41, 5.74) is 10.7. The maximum absolute atomic E-state index is 9.14. The lowest BCUT2D eigenvalue weighted by atomic mass is 9.88. The van der Waals surface area contributed by atoms with Crippen molar-refractivity contribution < 1.29 is 18.4 Å². The second-order valence-electron chi connectivity index (χ2n) is 19.8. The Bertz CT molecular complexity index is 4180. The molecule has 0 fully saturated rings. The van der Waals surface area contributed by atoms with Crippen molar-refractivity contribution in [3.05, 3.63) is 241 Å². The van der Waals surface area contributed by atoms with Crippen LogP contribution in [0.2, 0.25) is 0 Å². The van der Waals surface area contributed by atoms with E-state index in [4.69, 9.17) is 23.4 Å². The molecule has 348 valence electrons. The van der Waals surface area contributed by atoms with Crippen molar-refractivity contribution in [2.45, 2.75) is 40.0 Å². The molecule has 6 heteroatoms. The van der Waals surface area contributed by atoms with E-state index in [0.29, 0.717) is 22.9 Å². The van der Waals surface area contributed by atoms with Gasteiger partial charge >= 0.3 is 0 Å². The van der Waals surface area contributed by atoms with Crippen molar-refractivity contribution in [2.75, 3.05) is 21.4 Å². The number of pyridine rings is 1. The lowest BCUT2D eigenvalue weighted by molar-refractivity contribution is 0.483. The number of fused-ring (bicyclic) bond motifs is 10. The highest BCUT2D eigenvalue weighted by Crippen LogP contribution is 2.51. The highest BCUT2D eigenvalue weighted by molar-refractivity contribution is 7.23. The number of hydrogen-bond acceptors (Lipinski definition) is 5. The van der Waals surface area contributed by atoms with Crippen LogP contribution >= 0.6 is 0 Å². The number of anilines is 7. The number of ether oxygens (including phenoxy) is 1. The van der Waals surface area contributed by atoms with E-state index in [1.807, 2.05) is 59.6 Å². The van der Waals surface area contributed by atoms with Gasteiger partial charge in [0.15, 0.2) is 8.07 Å². The molecule has 4 heterocycles. The van der Waals surface area contributed by atoms with Gasteiger partial charge in [-0.3, -0.25) is 4.90 Å². The van der Waals surface area contributed by atoms with E-state index in [-0.39, 0.29) is 34.3 Å². The van der Waals surface area contributed by atoms with Gasteiger partial charge in [-0.15, -0.1) is 0 Å². The summed E-state index contributed by atoms with van der Waals surface area (Å²) >= 11 is 0. The van der Waals surface area contributed by atoms with Gasteiger partial charge in [0, 0.05) is 40.8 Å². The third kappa shape index (κ3) is 6.92. The molecule has 0 unspecified atom stereocenters. The van der Waals surface area contributed by atoms with Crippen LogP contribution in [0.25, 0.3) is 33.4 Å². The van der Waals surface area contributed by atoms with E-state index >= 15 is 0 Å². The fourth-order valence-corrected chi connectivity index (χ4v) is 16.7. The third-order valence-corrected chi connectivity index (χ3v) is 19.4. The zero-order chi connectivity index (χ0) is 57.4. The molecule has 0 amide bonds. The van der Waals surface area contributed by atoms with E-state index in [2.05, 4.69) is 135 Å². The molecule has 9 aromatic carbocycles. The Morgan fingerprint density at radius 3 is 1.72 bits per heavy atom. The van der Waals surface area contributed by atoms with Crippen LogP contribution in [0.1, 0.15) is 51.2 Å². The molecule has 0 N–H and O–H groups in total. The highest BCUT2D eigenvalue weighted by Gasteiger charge is 2.54. The maximum atomic E-state index is 9.14. The number of benzene rings is 9. The van der Waals surface area contributed by atoms with Crippen LogP contribution in [-0.4, -0.2) is 19.7 Å². The molecule has 1 spiro atoms. The van der Waals surface area contributed by atoms with E-state index in [1.54, 1.807) is 18.2 Å². The largest absolute Gasteiger partial charge is 0.457 e. The van der Waals surface area contributed by atoms with Gasteiger partial charge in [0.05, 0.1) is 36.5 Å². The number of rotatable bonds is 7. The normalized spacial score (nSPS) is 15.8. The molecular weight excluding hydrogens is 893 g/mol. The Hall–Kier alpha value is -8.45. The zero-order valence-electron chi connectivity index (χ0n) is 50.5. The highest BCUT2D eigenvalue weighted by atomic mass is 28.3. The van der Waals surface area contributed by atoms with Crippen LogP contribution in [0.3, 0.4) is 0 Å². The average molecular weight is 957 g/mol. The minimum Gasteiger partial charge on any atom is -0.457 e. The molecule has 1 aromatic heterocycles. The quantitative estimate of drug-likeness (QED) is 0.149. The van der Waals surface area contributed by atoms with Crippen molar-refractivity contribution in [3.8, 4) is 44.9 Å². The second kappa shape index (κ2) is 16.9. The fourth-order valence-electron chi connectivity index (χ4n) is 11.2. The Balaban J connectivity index is 0.956. The molecule has 3 aliphatic heterocycles. The monoisotopic (exact) mass is 956 g/mol. The van der Waals surface area contributed by atoms with Crippen LogP contribution in [-0.2, 0) is 5.41 Å². The van der Waals surface area contributed by atoms with Gasteiger partial charge in [-0.2, -0.15) is 0 Å². The van der Waals surface area contributed by atoms with Crippen molar-refractivity contribution in [3.63, 3.8) is 0 Å². The summed E-state index contributed by atoms with van der Waals surface area (Å²) in [6.45, 7) is 11.1. The summed E-state index contributed by atoms with van der Waals surface area (Å²) < 4.78 is 95.1. The molecule has 0 atom stereocenters. The van der Waals surface area contributed by atoms with E-state index < -0.39 is 68.5 Å². The van der Waals surface area contributed by atoms with Crippen molar-refractivity contribution in [2.24, 2.45) is 0 Å². The Kier molecular flexibility index (Phi) is 7.95. The predicted molar refractivity (Wildman–Crippen MR) is 303 cm³/mol. The van der Waals surface area contributed by atoms with Crippen LogP contribution < -0.4 is 40.2 Å². The molecule has 72 heavy (non-hydrogen) atoms. The minimum atomic E-state index is -3.00. The molecule has 0 radical (unpaired) electrons. The first kappa shape index (κ1) is 34.0. The summed E-state index contributed by atoms with van der Waals surface area (Å²) in [7, 11) is -3.00. The van der Waals surface area contributed by atoms with Crippen molar-refractivity contribution in [1.82, 2.24) is 4.98 Å². The fraction of sp³-hybridized carbons (Fsp3) is 0.106. The predicted octanol–water partition coefficient (Wildman–Crippen LogP) is 14.5.